The van der Waals surface area contributed by atoms with Gasteiger partial charge in [0.05, 0.1) is 7.11 Å². The van der Waals surface area contributed by atoms with Gasteiger partial charge in [-0.15, -0.1) is 0 Å². The Balaban J connectivity index is 2.07. The molecule has 1 aliphatic heterocycles. The number of amides is 1. The van der Waals surface area contributed by atoms with Crippen molar-refractivity contribution in [3.63, 3.8) is 0 Å². The van der Waals surface area contributed by atoms with Crippen molar-refractivity contribution in [3.8, 4) is 5.75 Å². The highest BCUT2D eigenvalue weighted by Crippen LogP contribution is 2.35. The van der Waals surface area contributed by atoms with Gasteiger partial charge in [0, 0.05) is 6.54 Å². The largest absolute Gasteiger partial charge is 0.496 e. The Bertz CT molecular complexity index is 546. The van der Waals surface area contributed by atoms with Crippen molar-refractivity contribution >= 4 is 6.09 Å². The Morgan fingerprint density at radius 1 is 1.25 bits per heavy atom. The minimum Gasteiger partial charge on any atom is -0.496 e. The first-order valence-corrected chi connectivity index (χ1v) is 8.63. The number of carbonyl (C=O) groups excluding carboxylic acids is 1. The van der Waals surface area contributed by atoms with Gasteiger partial charge < -0.3 is 20.1 Å². The molecule has 0 spiro atoms. The third-order valence-corrected chi connectivity index (χ3v) is 4.43. The number of para-hydroxylation sites is 1. The van der Waals surface area contributed by atoms with E-state index in [1.807, 2.05) is 39.0 Å². The second kappa shape index (κ2) is 7.88. The number of carbonyl (C=O) groups is 1. The van der Waals surface area contributed by atoms with Crippen molar-refractivity contribution in [2.24, 2.45) is 5.41 Å². The maximum Gasteiger partial charge on any atom is 0.407 e. The van der Waals surface area contributed by atoms with Crippen molar-refractivity contribution in [2.75, 3.05) is 26.7 Å². The number of nitrogens with one attached hydrogen (secondary N) is 2. The Labute approximate surface area is 145 Å². The molecular weight excluding hydrogens is 304 g/mol. The van der Waals surface area contributed by atoms with E-state index in [0.29, 0.717) is 6.54 Å². The minimum atomic E-state index is -0.478. The summed E-state index contributed by atoms with van der Waals surface area (Å²) in [5.74, 6) is 0.910. The minimum absolute atomic E-state index is 0.0246. The van der Waals surface area contributed by atoms with Crippen molar-refractivity contribution in [3.05, 3.63) is 29.8 Å². The van der Waals surface area contributed by atoms with Gasteiger partial charge >= 0.3 is 6.09 Å². The van der Waals surface area contributed by atoms with Crippen LogP contribution in [0.25, 0.3) is 0 Å². The number of hydrogen-bond acceptors (Lipinski definition) is 4. The van der Waals surface area contributed by atoms with Crippen LogP contribution in [0, 0.1) is 5.41 Å². The van der Waals surface area contributed by atoms with Gasteiger partial charge in [-0.25, -0.2) is 4.79 Å². The predicted molar refractivity (Wildman–Crippen MR) is 95.5 cm³/mol. The van der Waals surface area contributed by atoms with E-state index in [-0.39, 0.29) is 11.5 Å². The normalized spacial score (nSPS) is 17.2. The average molecular weight is 334 g/mol. The summed E-state index contributed by atoms with van der Waals surface area (Å²) in [6.07, 6.45) is 2.57. The first kappa shape index (κ1) is 18.6. The molecule has 1 heterocycles. The van der Waals surface area contributed by atoms with Crippen LogP contribution in [0.3, 0.4) is 0 Å². The molecule has 24 heavy (non-hydrogen) atoms. The SMILES string of the molecule is COc1ccccc1CC1(CNC(=O)OC(C)(C)C)CCNCC1. The van der Waals surface area contributed by atoms with Crippen LogP contribution < -0.4 is 15.4 Å². The lowest BCUT2D eigenvalue weighted by Crippen LogP contribution is -2.47. The van der Waals surface area contributed by atoms with Crippen molar-refractivity contribution < 1.29 is 14.3 Å². The maximum absolute atomic E-state index is 12.0. The van der Waals surface area contributed by atoms with Crippen molar-refractivity contribution in [1.82, 2.24) is 10.6 Å². The number of benzene rings is 1. The van der Waals surface area contributed by atoms with Crippen LogP contribution in [0.15, 0.2) is 24.3 Å². The summed E-state index contributed by atoms with van der Waals surface area (Å²) in [6.45, 7) is 8.17. The molecule has 2 N–H and O–H groups in total. The van der Waals surface area contributed by atoms with Gasteiger partial charge in [-0.2, -0.15) is 0 Å². The average Bonchev–Trinajstić information content (AvgIpc) is 2.53. The zero-order chi connectivity index (χ0) is 17.6. The predicted octanol–water partition coefficient (Wildman–Crippen LogP) is 3.13. The quantitative estimate of drug-likeness (QED) is 0.868. The molecule has 0 bridgehead atoms. The molecule has 2 rings (SSSR count). The summed E-state index contributed by atoms with van der Waals surface area (Å²) in [5.41, 5.74) is 0.734. The van der Waals surface area contributed by atoms with E-state index in [0.717, 1.165) is 38.1 Å². The molecule has 1 aromatic carbocycles. The summed E-state index contributed by atoms with van der Waals surface area (Å²) in [4.78, 5) is 12.0. The summed E-state index contributed by atoms with van der Waals surface area (Å²) >= 11 is 0. The Hall–Kier alpha value is -1.75. The third kappa shape index (κ3) is 5.41. The fourth-order valence-corrected chi connectivity index (χ4v) is 3.20. The highest BCUT2D eigenvalue weighted by molar-refractivity contribution is 5.67. The lowest BCUT2D eigenvalue weighted by atomic mass is 9.74. The summed E-state index contributed by atoms with van der Waals surface area (Å²) in [7, 11) is 1.70. The molecule has 134 valence electrons. The molecule has 0 aromatic heterocycles. The summed E-state index contributed by atoms with van der Waals surface area (Å²) in [5, 5.41) is 6.38. The first-order valence-electron chi connectivity index (χ1n) is 8.63. The van der Waals surface area contributed by atoms with Crippen LogP contribution in [0.2, 0.25) is 0 Å². The lowest BCUT2D eigenvalue weighted by molar-refractivity contribution is 0.0485. The van der Waals surface area contributed by atoms with Crippen LogP contribution in [-0.4, -0.2) is 38.4 Å². The molecule has 0 unspecified atom stereocenters. The Kier molecular flexibility index (Phi) is 6.10. The van der Waals surface area contributed by atoms with Gasteiger partial charge in [0.1, 0.15) is 11.4 Å². The molecule has 1 aliphatic rings. The van der Waals surface area contributed by atoms with Gasteiger partial charge in [-0.3, -0.25) is 0 Å². The van der Waals surface area contributed by atoms with E-state index in [1.54, 1.807) is 7.11 Å². The zero-order valence-corrected chi connectivity index (χ0v) is 15.3. The Morgan fingerprint density at radius 2 is 1.92 bits per heavy atom. The van der Waals surface area contributed by atoms with Gasteiger partial charge in [0.25, 0.3) is 0 Å². The maximum atomic E-state index is 12.0. The van der Waals surface area contributed by atoms with E-state index in [1.165, 1.54) is 5.56 Å². The van der Waals surface area contributed by atoms with E-state index >= 15 is 0 Å². The van der Waals surface area contributed by atoms with E-state index in [2.05, 4.69) is 16.7 Å². The third-order valence-electron chi connectivity index (χ3n) is 4.43. The van der Waals surface area contributed by atoms with Crippen LogP contribution in [0.5, 0.6) is 5.75 Å². The number of alkyl carbamates (subject to hydrolysis) is 1. The fourth-order valence-electron chi connectivity index (χ4n) is 3.20. The van der Waals surface area contributed by atoms with E-state index in [9.17, 15) is 4.79 Å². The summed E-state index contributed by atoms with van der Waals surface area (Å²) in [6, 6.07) is 8.12. The second-order valence-electron chi connectivity index (χ2n) is 7.59. The lowest BCUT2D eigenvalue weighted by Gasteiger charge is -2.38. The molecule has 0 atom stereocenters. The molecule has 1 fully saturated rings. The highest BCUT2D eigenvalue weighted by atomic mass is 16.6. The van der Waals surface area contributed by atoms with Crippen LogP contribution in [0.1, 0.15) is 39.2 Å². The Morgan fingerprint density at radius 3 is 2.54 bits per heavy atom. The van der Waals surface area contributed by atoms with Gasteiger partial charge in [0.15, 0.2) is 0 Å². The molecule has 0 radical (unpaired) electrons. The molecule has 0 saturated carbocycles. The highest BCUT2D eigenvalue weighted by Gasteiger charge is 2.34. The molecule has 1 aromatic rings. The number of methoxy groups -OCH3 is 1. The number of piperidine rings is 1. The van der Waals surface area contributed by atoms with Gasteiger partial charge in [0.2, 0.25) is 0 Å². The fraction of sp³-hybridized carbons (Fsp3) is 0.632. The molecule has 1 saturated heterocycles. The monoisotopic (exact) mass is 334 g/mol. The second-order valence-corrected chi connectivity index (χ2v) is 7.59. The molecular formula is C19H30N2O3. The first-order chi connectivity index (χ1) is 11.3. The summed E-state index contributed by atoms with van der Waals surface area (Å²) < 4.78 is 10.9. The molecule has 0 aliphatic carbocycles. The number of ether oxygens (including phenoxy) is 2. The van der Waals surface area contributed by atoms with Gasteiger partial charge in [-0.05, 0) is 70.2 Å². The van der Waals surface area contributed by atoms with Crippen LogP contribution in [-0.2, 0) is 11.2 Å². The van der Waals surface area contributed by atoms with Crippen LogP contribution in [0.4, 0.5) is 4.79 Å². The van der Waals surface area contributed by atoms with Gasteiger partial charge in [-0.1, -0.05) is 18.2 Å². The smallest absolute Gasteiger partial charge is 0.407 e. The van der Waals surface area contributed by atoms with Crippen LogP contribution >= 0.6 is 0 Å². The van der Waals surface area contributed by atoms with Crippen molar-refractivity contribution in [1.29, 1.82) is 0 Å². The topological polar surface area (TPSA) is 59.6 Å². The molecule has 1 amide bonds. The van der Waals surface area contributed by atoms with E-state index < -0.39 is 5.60 Å². The van der Waals surface area contributed by atoms with Crippen molar-refractivity contribution in [2.45, 2.75) is 45.6 Å². The molecule has 5 heteroatoms. The number of rotatable bonds is 5. The zero-order valence-electron chi connectivity index (χ0n) is 15.3. The van der Waals surface area contributed by atoms with E-state index in [4.69, 9.17) is 9.47 Å². The molecule has 5 nitrogen and oxygen atoms in total. The standard InChI is InChI=1S/C19H30N2O3/c1-18(2,3)24-17(22)21-14-19(9-11-20-12-10-19)13-15-7-5-6-8-16(15)23-4/h5-8,20H,9-14H2,1-4H3,(H,21,22). The number of hydrogen-bond donors (Lipinski definition) is 2.